The van der Waals surface area contributed by atoms with Crippen LogP contribution >= 0.6 is 11.8 Å². The van der Waals surface area contributed by atoms with E-state index in [0.29, 0.717) is 37.1 Å². The average Bonchev–Trinajstić information content (AvgIpc) is 2.92. The maximum Gasteiger partial charge on any atom is 0.243 e. The van der Waals surface area contributed by atoms with Crippen molar-refractivity contribution in [2.24, 2.45) is 0 Å². The van der Waals surface area contributed by atoms with Gasteiger partial charge in [0, 0.05) is 18.4 Å². The van der Waals surface area contributed by atoms with Crippen molar-refractivity contribution in [2.45, 2.75) is 4.90 Å². The first-order valence-electron chi connectivity index (χ1n) is 5.65. The fourth-order valence-corrected chi connectivity index (χ4v) is 4.75. The molecule has 0 radical (unpaired) electrons. The van der Waals surface area contributed by atoms with Gasteiger partial charge in [-0.3, -0.25) is 0 Å². The average molecular weight is 287 g/mol. The Morgan fingerprint density at radius 3 is 2.67 bits per heavy atom. The number of sulfonamides is 1. The predicted octanol–water partition coefficient (Wildman–Crippen LogP) is 1.15. The van der Waals surface area contributed by atoms with Gasteiger partial charge in [0.05, 0.1) is 10.8 Å². The highest BCUT2D eigenvalue weighted by Crippen LogP contribution is 2.34. The normalized spacial score (nSPS) is 20.0. The minimum Gasteiger partial charge on any atom is -0.486 e. The molecule has 2 heterocycles. The van der Waals surface area contributed by atoms with Crippen molar-refractivity contribution < 1.29 is 17.9 Å². The summed E-state index contributed by atoms with van der Waals surface area (Å²) in [5.41, 5.74) is 0. The van der Waals surface area contributed by atoms with Crippen LogP contribution in [0.1, 0.15) is 0 Å². The third-order valence-electron chi connectivity index (χ3n) is 2.87. The molecule has 2 aliphatic heterocycles. The molecule has 0 bridgehead atoms. The lowest BCUT2D eigenvalue weighted by atomic mass is 10.3. The van der Waals surface area contributed by atoms with E-state index in [1.54, 1.807) is 30.0 Å². The number of hydrogen-bond acceptors (Lipinski definition) is 5. The van der Waals surface area contributed by atoms with Gasteiger partial charge in [-0.25, -0.2) is 8.42 Å². The standard InChI is InChI=1S/C11H13NO4S2/c13-18(14,12-3-6-17-8-12)9-1-2-10-11(7-9)16-5-4-15-10/h1-2,7H,3-6,8H2. The van der Waals surface area contributed by atoms with E-state index in [1.807, 2.05) is 0 Å². The van der Waals surface area contributed by atoms with Gasteiger partial charge in [0.2, 0.25) is 10.0 Å². The van der Waals surface area contributed by atoms with E-state index in [1.165, 1.54) is 4.31 Å². The summed E-state index contributed by atoms with van der Waals surface area (Å²) in [6.07, 6.45) is 0. The second-order valence-corrected chi connectivity index (χ2v) is 7.04. The fourth-order valence-electron chi connectivity index (χ4n) is 1.92. The van der Waals surface area contributed by atoms with Gasteiger partial charge >= 0.3 is 0 Å². The first kappa shape index (κ1) is 12.1. The van der Waals surface area contributed by atoms with Crippen LogP contribution in [0.4, 0.5) is 0 Å². The van der Waals surface area contributed by atoms with Crippen molar-refractivity contribution in [2.75, 3.05) is 31.4 Å². The topological polar surface area (TPSA) is 55.8 Å². The molecule has 0 spiro atoms. The van der Waals surface area contributed by atoms with Crippen molar-refractivity contribution in [3.05, 3.63) is 18.2 Å². The van der Waals surface area contributed by atoms with Gasteiger partial charge in [0.25, 0.3) is 0 Å². The van der Waals surface area contributed by atoms with Gasteiger partial charge in [0.1, 0.15) is 13.2 Å². The summed E-state index contributed by atoms with van der Waals surface area (Å²) in [6.45, 7) is 1.53. The van der Waals surface area contributed by atoms with Crippen LogP contribution in [-0.4, -0.2) is 44.1 Å². The van der Waals surface area contributed by atoms with Crippen LogP contribution in [0.3, 0.4) is 0 Å². The van der Waals surface area contributed by atoms with E-state index in [9.17, 15) is 8.42 Å². The summed E-state index contributed by atoms with van der Waals surface area (Å²) in [4.78, 5) is 0.272. The summed E-state index contributed by atoms with van der Waals surface area (Å²) in [5, 5.41) is 0. The van der Waals surface area contributed by atoms with E-state index in [0.717, 1.165) is 5.75 Å². The second-order valence-electron chi connectivity index (χ2n) is 4.02. The monoisotopic (exact) mass is 287 g/mol. The zero-order valence-electron chi connectivity index (χ0n) is 9.66. The summed E-state index contributed by atoms with van der Waals surface area (Å²) >= 11 is 1.62. The Hall–Kier alpha value is -0.920. The Balaban J connectivity index is 1.96. The van der Waals surface area contributed by atoms with Gasteiger partial charge in [-0.2, -0.15) is 4.31 Å². The SMILES string of the molecule is O=S(=O)(c1ccc2c(c1)OCCO2)N1CCSC1. The van der Waals surface area contributed by atoms with Crippen LogP contribution in [0.25, 0.3) is 0 Å². The van der Waals surface area contributed by atoms with E-state index >= 15 is 0 Å². The number of ether oxygens (including phenoxy) is 2. The van der Waals surface area contributed by atoms with Crippen LogP contribution in [0, 0.1) is 0 Å². The zero-order valence-corrected chi connectivity index (χ0v) is 11.3. The fraction of sp³-hybridized carbons (Fsp3) is 0.455. The van der Waals surface area contributed by atoms with E-state index in [2.05, 4.69) is 0 Å². The molecular formula is C11H13NO4S2. The van der Waals surface area contributed by atoms with E-state index in [4.69, 9.17) is 9.47 Å². The molecule has 0 atom stereocenters. The molecule has 98 valence electrons. The largest absolute Gasteiger partial charge is 0.486 e. The molecule has 1 fully saturated rings. The molecule has 0 aliphatic carbocycles. The number of nitrogens with zero attached hydrogens (tertiary/aromatic N) is 1. The zero-order chi connectivity index (χ0) is 12.6. The number of fused-ring (bicyclic) bond motifs is 1. The molecule has 0 amide bonds. The third-order valence-corrected chi connectivity index (χ3v) is 5.84. The Bertz CT molecular complexity index is 552. The van der Waals surface area contributed by atoms with Crippen LogP contribution in [-0.2, 0) is 10.0 Å². The van der Waals surface area contributed by atoms with Crippen LogP contribution < -0.4 is 9.47 Å². The van der Waals surface area contributed by atoms with Crippen molar-refractivity contribution >= 4 is 21.8 Å². The van der Waals surface area contributed by atoms with Crippen molar-refractivity contribution in [1.29, 1.82) is 0 Å². The second kappa shape index (κ2) is 4.64. The number of benzene rings is 1. The number of hydrogen-bond donors (Lipinski definition) is 0. The molecule has 7 heteroatoms. The molecule has 0 saturated carbocycles. The van der Waals surface area contributed by atoms with Crippen LogP contribution in [0.15, 0.2) is 23.1 Å². The molecule has 18 heavy (non-hydrogen) atoms. The molecule has 5 nitrogen and oxygen atoms in total. The summed E-state index contributed by atoms with van der Waals surface area (Å²) in [6, 6.07) is 4.78. The lowest BCUT2D eigenvalue weighted by Gasteiger charge is -2.20. The van der Waals surface area contributed by atoms with E-state index < -0.39 is 10.0 Å². The van der Waals surface area contributed by atoms with Crippen molar-refractivity contribution in [3.8, 4) is 11.5 Å². The predicted molar refractivity (Wildman–Crippen MR) is 68.6 cm³/mol. The lowest BCUT2D eigenvalue weighted by molar-refractivity contribution is 0.171. The summed E-state index contributed by atoms with van der Waals surface area (Å²) < 4.78 is 36.9. The lowest BCUT2D eigenvalue weighted by Crippen LogP contribution is -2.28. The molecular weight excluding hydrogens is 274 g/mol. The Labute approximate surface area is 110 Å². The summed E-state index contributed by atoms with van der Waals surface area (Å²) in [5.74, 6) is 2.49. The molecule has 0 aromatic heterocycles. The Morgan fingerprint density at radius 1 is 1.17 bits per heavy atom. The highest BCUT2D eigenvalue weighted by molar-refractivity contribution is 8.00. The quantitative estimate of drug-likeness (QED) is 0.817. The molecule has 0 unspecified atom stereocenters. The van der Waals surface area contributed by atoms with Crippen LogP contribution in [0.2, 0.25) is 0 Å². The highest BCUT2D eigenvalue weighted by atomic mass is 32.2. The molecule has 1 aromatic carbocycles. The third kappa shape index (κ3) is 2.06. The number of thioether (sulfide) groups is 1. The molecule has 1 aromatic rings. The first-order chi connectivity index (χ1) is 8.68. The van der Waals surface area contributed by atoms with E-state index in [-0.39, 0.29) is 4.90 Å². The molecule has 0 N–H and O–H groups in total. The summed E-state index contributed by atoms with van der Waals surface area (Å²) in [7, 11) is -3.40. The minimum atomic E-state index is -3.40. The number of rotatable bonds is 2. The highest BCUT2D eigenvalue weighted by Gasteiger charge is 2.28. The maximum atomic E-state index is 12.3. The molecule has 2 aliphatic rings. The molecule has 1 saturated heterocycles. The van der Waals surface area contributed by atoms with Crippen molar-refractivity contribution in [3.63, 3.8) is 0 Å². The maximum absolute atomic E-state index is 12.3. The molecule has 3 rings (SSSR count). The first-order valence-corrected chi connectivity index (χ1v) is 8.25. The van der Waals surface area contributed by atoms with Gasteiger partial charge in [0.15, 0.2) is 11.5 Å². The Morgan fingerprint density at radius 2 is 1.94 bits per heavy atom. The van der Waals surface area contributed by atoms with Crippen LogP contribution in [0.5, 0.6) is 11.5 Å². The van der Waals surface area contributed by atoms with Gasteiger partial charge in [-0.05, 0) is 12.1 Å². The van der Waals surface area contributed by atoms with Crippen molar-refractivity contribution in [1.82, 2.24) is 4.31 Å². The smallest absolute Gasteiger partial charge is 0.243 e. The van der Waals surface area contributed by atoms with Gasteiger partial charge < -0.3 is 9.47 Å². The van der Waals surface area contributed by atoms with Gasteiger partial charge in [-0.1, -0.05) is 0 Å². The van der Waals surface area contributed by atoms with Gasteiger partial charge in [-0.15, -0.1) is 11.8 Å². The minimum absolute atomic E-state index is 0.272. The Kier molecular flexibility index (Phi) is 3.13.